The van der Waals surface area contributed by atoms with Gasteiger partial charge in [-0.05, 0) is 37.1 Å². The van der Waals surface area contributed by atoms with Crippen LogP contribution in [0.4, 0.5) is 10.6 Å². The molecule has 1 saturated heterocycles. The zero-order valence-electron chi connectivity index (χ0n) is 18.5. The van der Waals surface area contributed by atoms with Crippen LogP contribution in [0.1, 0.15) is 37.9 Å². The molecule has 9 nitrogen and oxygen atoms in total. The van der Waals surface area contributed by atoms with Crippen molar-refractivity contribution in [2.24, 2.45) is 4.99 Å². The maximum atomic E-state index is 12.9. The Hall–Kier alpha value is -3.49. The molecule has 0 saturated carbocycles. The minimum absolute atomic E-state index is 0.214. The van der Waals surface area contributed by atoms with Gasteiger partial charge < -0.3 is 10.6 Å². The first-order valence-electron chi connectivity index (χ1n) is 11.2. The molecule has 3 amide bonds. The fourth-order valence-corrected chi connectivity index (χ4v) is 3.99. The molecule has 0 radical (unpaired) electrons. The smallest absolute Gasteiger partial charge is 0.328 e. The summed E-state index contributed by atoms with van der Waals surface area (Å²) in [4.78, 5) is 42.3. The van der Waals surface area contributed by atoms with Crippen LogP contribution in [0.5, 0.6) is 0 Å². The van der Waals surface area contributed by atoms with Crippen LogP contribution < -0.4 is 10.6 Å². The number of urea groups is 1. The molecular weight excluding hydrogens is 406 g/mol. The molecule has 1 fully saturated rings. The number of aromatic nitrogens is 2. The lowest BCUT2D eigenvalue weighted by Crippen LogP contribution is -2.65. The van der Waals surface area contributed by atoms with E-state index in [9.17, 15) is 9.59 Å². The van der Waals surface area contributed by atoms with Crippen molar-refractivity contribution in [2.75, 3.05) is 25.0 Å². The average molecular weight is 436 g/mol. The number of imide groups is 1. The lowest BCUT2D eigenvalue weighted by molar-refractivity contribution is -0.134. The van der Waals surface area contributed by atoms with Crippen molar-refractivity contribution in [3.05, 3.63) is 54.0 Å². The third-order valence-electron chi connectivity index (χ3n) is 5.54. The highest BCUT2D eigenvalue weighted by molar-refractivity contribution is 6.08. The number of carbonyl (C=O) groups is 2. The van der Waals surface area contributed by atoms with E-state index in [1.165, 1.54) is 4.90 Å². The molecule has 2 aliphatic heterocycles. The molecule has 9 heteroatoms. The van der Waals surface area contributed by atoms with E-state index >= 15 is 0 Å². The summed E-state index contributed by atoms with van der Waals surface area (Å²) in [6, 6.07) is 8.87. The fourth-order valence-electron chi connectivity index (χ4n) is 3.99. The number of nitrogens with zero attached hydrogens (tertiary/aromatic N) is 5. The van der Waals surface area contributed by atoms with Crippen LogP contribution >= 0.6 is 0 Å². The van der Waals surface area contributed by atoms with Crippen LogP contribution in [0.15, 0.2) is 47.7 Å². The molecule has 32 heavy (non-hydrogen) atoms. The Kier molecular flexibility index (Phi) is 6.63. The molecule has 4 heterocycles. The predicted molar refractivity (Wildman–Crippen MR) is 122 cm³/mol. The summed E-state index contributed by atoms with van der Waals surface area (Å²) in [5.74, 6) is 1.13. The Balaban J connectivity index is 1.44. The standard InChI is InChI=1S/C23H29N7O2/c1-3-13-29-21-19(22(31)30(14-4-2)23(29)32)27-20(28-21)16-8-9-18(26-15-16)25-12-10-17-7-5-6-11-24-17/h5-9,11,15,19,21H,3-4,10,12-14H2,1-2H3,(H,25,26)(H,27,28). The van der Waals surface area contributed by atoms with Crippen molar-refractivity contribution in [1.82, 2.24) is 25.1 Å². The minimum Gasteiger partial charge on any atom is -0.370 e. The number of amidine groups is 1. The summed E-state index contributed by atoms with van der Waals surface area (Å²) in [7, 11) is 0. The lowest BCUT2D eigenvalue weighted by atomic mass is 10.1. The Morgan fingerprint density at radius 1 is 1.06 bits per heavy atom. The minimum atomic E-state index is -0.558. The highest BCUT2D eigenvalue weighted by Gasteiger charge is 2.49. The third kappa shape index (κ3) is 4.42. The van der Waals surface area contributed by atoms with Crippen molar-refractivity contribution in [2.45, 2.75) is 45.3 Å². The predicted octanol–water partition coefficient (Wildman–Crippen LogP) is 2.26. The second-order valence-electron chi connectivity index (χ2n) is 7.91. The number of amides is 3. The monoisotopic (exact) mass is 435 g/mol. The van der Waals surface area contributed by atoms with Gasteiger partial charge >= 0.3 is 6.03 Å². The van der Waals surface area contributed by atoms with Crippen molar-refractivity contribution >= 4 is 23.6 Å². The van der Waals surface area contributed by atoms with Gasteiger partial charge in [0.05, 0.1) is 0 Å². The number of rotatable bonds is 9. The maximum absolute atomic E-state index is 12.9. The van der Waals surface area contributed by atoms with Crippen LogP contribution in [0.25, 0.3) is 0 Å². The second kappa shape index (κ2) is 9.76. The van der Waals surface area contributed by atoms with Gasteiger partial charge in [-0.2, -0.15) is 0 Å². The van der Waals surface area contributed by atoms with Crippen LogP contribution in [-0.4, -0.2) is 69.4 Å². The SMILES string of the molecule is CCCN1C(=O)C2NC(c3ccc(NCCc4ccccn4)nc3)=NC2N(CCC)C1=O. The van der Waals surface area contributed by atoms with Gasteiger partial charge in [0.15, 0.2) is 6.17 Å². The van der Waals surface area contributed by atoms with Crippen molar-refractivity contribution in [3.8, 4) is 0 Å². The Labute approximate surface area is 187 Å². The van der Waals surface area contributed by atoms with Gasteiger partial charge in [-0.15, -0.1) is 0 Å². The average Bonchev–Trinajstić information content (AvgIpc) is 3.26. The zero-order valence-corrected chi connectivity index (χ0v) is 18.5. The lowest BCUT2D eigenvalue weighted by Gasteiger charge is -2.40. The Morgan fingerprint density at radius 2 is 1.91 bits per heavy atom. The second-order valence-corrected chi connectivity index (χ2v) is 7.91. The van der Waals surface area contributed by atoms with Gasteiger partial charge in [-0.25, -0.2) is 14.8 Å². The first-order valence-corrected chi connectivity index (χ1v) is 11.2. The van der Waals surface area contributed by atoms with Gasteiger partial charge in [0.25, 0.3) is 5.91 Å². The van der Waals surface area contributed by atoms with Crippen LogP contribution in [-0.2, 0) is 11.2 Å². The molecule has 168 valence electrons. The van der Waals surface area contributed by atoms with Crippen molar-refractivity contribution in [1.29, 1.82) is 0 Å². The van der Waals surface area contributed by atoms with E-state index in [1.807, 2.05) is 44.2 Å². The van der Waals surface area contributed by atoms with Crippen molar-refractivity contribution in [3.63, 3.8) is 0 Å². The van der Waals surface area contributed by atoms with Crippen molar-refractivity contribution < 1.29 is 9.59 Å². The summed E-state index contributed by atoms with van der Waals surface area (Å²) >= 11 is 0. The molecular formula is C23H29N7O2. The van der Waals surface area contributed by atoms with Gasteiger partial charge in [-0.3, -0.25) is 19.6 Å². The van der Waals surface area contributed by atoms with E-state index in [1.54, 1.807) is 17.3 Å². The highest BCUT2D eigenvalue weighted by Crippen LogP contribution is 2.25. The van der Waals surface area contributed by atoms with E-state index in [4.69, 9.17) is 4.99 Å². The van der Waals surface area contributed by atoms with Crippen LogP contribution in [0.2, 0.25) is 0 Å². The van der Waals surface area contributed by atoms with Gasteiger partial charge in [0.1, 0.15) is 17.7 Å². The van der Waals surface area contributed by atoms with E-state index < -0.39 is 12.2 Å². The maximum Gasteiger partial charge on any atom is 0.328 e. The third-order valence-corrected chi connectivity index (χ3v) is 5.54. The van der Waals surface area contributed by atoms with Crippen LogP contribution in [0.3, 0.4) is 0 Å². The number of pyridine rings is 2. The molecule has 4 rings (SSSR count). The normalized spacial score (nSPS) is 20.1. The molecule has 2 atom stereocenters. The zero-order chi connectivity index (χ0) is 22.5. The molecule has 2 N–H and O–H groups in total. The largest absolute Gasteiger partial charge is 0.370 e. The molecule has 0 bridgehead atoms. The summed E-state index contributed by atoms with van der Waals surface area (Å²) in [6.45, 7) is 5.67. The van der Waals surface area contributed by atoms with Gasteiger partial charge in [0, 0.05) is 49.7 Å². The van der Waals surface area contributed by atoms with E-state index in [-0.39, 0.29) is 11.9 Å². The quantitative estimate of drug-likeness (QED) is 0.626. The van der Waals surface area contributed by atoms with E-state index in [0.717, 1.165) is 42.9 Å². The fraction of sp³-hybridized carbons (Fsp3) is 0.435. The first kappa shape index (κ1) is 21.7. The molecule has 0 aliphatic carbocycles. The van der Waals surface area contributed by atoms with Gasteiger partial charge in [0.2, 0.25) is 0 Å². The number of aliphatic imine (C=N–C) groups is 1. The van der Waals surface area contributed by atoms with E-state index in [2.05, 4.69) is 20.6 Å². The highest BCUT2D eigenvalue weighted by atomic mass is 16.2. The number of carbonyl (C=O) groups excluding carboxylic acids is 2. The number of nitrogens with one attached hydrogen (secondary N) is 2. The summed E-state index contributed by atoms with van der Waals surface area (Å²) in [6.07, 6.45) is 5.33. The summed E-state index contributed by atoms with van der Waals surface area (Å²) < 4.78 is 0. The number of fused-ring (bicyclic) bond motifs is 1. The number of anilines is 1. The Bertz CT molecular complexity index is 978. The molecule has 0 spiro atoms. The van der Waals surface area contributed by atoms with E-state index in [0.29, 0.717) is 18.9 Å². The Morgan fingerprint density at radius 3 is 2.59 bits per heavy atom. The number of hydrogen-bond donors (Lipinski definition) is 2. The van der Waals surface area contributed by atoms with Crippen LogP contribution in [0, 0.1) is 0 Å². The topological polar surface area (TPSA) is 103 Å². The van der Waals surface area contributed by atoms with Gasteiger partial charge in [-0.1, -0.05) is 19.9 Å². The molecule has 2 unspecified atom stereocenters. The molecule has 0 aromatic carbocycles. The molecule has 2 aromatic heterocycles. The first-order chi connectivity index (χ1) is 15.6. The molecule has 2 aliphatic rings. The molecule has 2 aromatic rings. The number of hydrogen-bond acceptors (Lipinski definition) is 7. The summed E-state index contributed by atoms with van der Waals surface area (Å²) in [5, 5.41) is 6.53. The summed E-state index contributed by atoms with van der Waals surface area (Å²) in [5.41, 5.74) is 1.81.